The third kappa shape index (κ3) is 3.70. The van der Waals surface area contributed by atoms with Crippen molar-refractivity contribution in [2.24, 2.45) is 0 Å². The Hall–Kier alpha value is -0.590. The van der Waals surface area contributed by atoms with Gasteiger partial charge in [-0.1, -0.05) is 36.5 Å². The van der Waals surface area contributed by atoms with E-state index < -0.39 is 0 Å². The first-order valence-electron chi connectivity index (χ1n) is 5.83. The fraction of sp³-hybridized carbons (Fsp3) is 0.231. The number of hydrogen-bond donors (Lipinski definition) is 1. The van der Waals surface area contributed by atoms with Gasteiger partial charge in [0.05, 0.1) is 5.69 Å². The molecule has 0 aliphatic carbocycles. The monoisotopic (exact) mass is 407 g/mol. The van der Waals surface area contributed by atoms with Crippen molar-refractivity contribution in [3.8, 4) is 0 Å². The number of rotatable bonds is 4. The minimum atomic E-state index is 0.503. The third-order valence-corrected chi connectivity index (χ3v) is 4.03. The molecule has 0 radical (unpaired) electrons. The van der Waals surface area contributed by atoms with E-state index in [2.05, 4.69) is 44.8 Å². The summed E-state index contributed by atoms with van der Waals surface area (Å²) in [6.45, 7) is 2.10. The van der Waals surface area contributed by atoms with Crippen LogP contribution in [0, 0.1) is 3.57 Å². The summed E-state index contributed by atoms with van der Waals surface area (Å²) in [7, 11) is 0. The van der Waals surface area contributed by atoms with Gasteiger partial charge in [0.25, 0.3) is 0 Å². The summed E-state index contributed by atoms with van der Waals surface area (Å²) in [5.74, 6) is 0.752. The predicted octanol–water partition coefficient (Wildman–Crippen LogP) is 5.08. The molecule has 19 heavy (non-hydrogen) atoms. The highest BCUT2D eigenvalue weighted by Gasteiger charge is 2.10. The van der Waals surface area contributed by atoms with E-state index in [4.69, 9.17) is 23.2 Å². The molecule has 0 amide bonds. The van der Waals surface area contributed by atoms with Crippen LogP contribution in [0.3, 0.4) is 0 Å². The van der Waals surface area contributed by atoms with E-state index in [0.29, 0.717) is 10.2 Å². The van der Waals surface area contributed by atoms with Crippen molar-refractivity contribution < 1.29 is 0 Å². The number of benzene rings is 1. The van der Waals surface area contributed by atoms with E-state index in [1.165, 1.54) is 6.33 Å². The third-order valence-electron chi connectivity index (χ3n) is 2.58. The average Bonchev–Trinajstić information content (AvgIpc) is 2.37. The zero-order chi connectivity index (χ0) is 13.8. The zero-order valence-corrected chi connectivity index (χ0v) is 13.9. The molecular formula is C13H12Cl2IN3. The molecule has 3 nitrogen and oxygen atoms in total. The molecule has 2 aromatic rings. The molecule has 0 atom stereocenters. The Morgan fingerprint density at radius 2 is 2.05 bits per heavy atom. The smallest absolute Gasteiger partial charge is 0.138 e. The van der Waals surface area contributed by atoms with E-state index in [9.17, 15) is 0 Å². The molecule has 1 N–H and O–H groups in total. The second-order valence-corrected chi connectivity index (χ2v) is 5.95. The molecule has 0 fully saturated rings. The van der Waals surface area contributed by atoms with Crippen LogP contribution in [0.25, 0.3) is 0 Å². The summed E-state index contributed by atoms with van der Waals surface area (Å²) >= 11 is 14.3. The summed E-state index contributed by atoms with van der Waals surface area (Å²) in [6, 6.07) is 5.66. The molecule has 0 saturated carbocycles. The molecule has 0 unspecified atom stereocenters. The molecule has 100 valence electrons. The van der Waals surface area contributed by atoms with Crippen LogP contribution in [-0.2, 0) is 6.42 Å². The van der Waals surface area contributed by atoms with Crippen LogP contribution >= 0.6 is 45.8 Å². The lowest BCUT2D eigenvalue weighted by atomic mass is 10.2. The summed E-state index contributed by atoms with van der Waals surface area (Å²) < 4.78 is 1.03. The Labute approximate surface area is 135 Å². The lowest BCUT2D eigenvalue weighted by molar-refractivity contribution is 0.904. The largest absolute Gasteiger partial charge is 0.339 e. The molecule has 1 aromatic carbocycles. The average molecular weight is 408 g/mol. The second kappa shape index (κ2) is 6.72. The highest BCUT2D eigenvalue weighted by molar-refractivity contribution is 14.1. The van der Waals surface area contributed by atoms with Crippen molar-refractivity contribution in [2.75, 3.05) is 5.32 Å². The van der Waals surface area contributed by atoms with Crippen molar-refractivity contribution in [3.63, 3.8) is 0 Å². The Morgan fingerprint density at radius 3 is 2.74 bits per heavy atom. The van der Waals surface area contributed by atoms with Gasteiger partial charge in [0, 0.05) is 14.2 Å². The highest BCUT2D eigenvalue weighted by Crippen LogP contribution is 2.28. The number of hydrogen-bond acceptors (Lipinski definition) is 3. The molecule has 0 spiro atoms. The molecule has 1 aromatic heterocycles. The van der Waals surface area contributed by atoms with Gasteiger partial charge in [0.15, 0.2) is 0 Å². The van der Waals surface area contributed by atoms with E-state index in [0.717, 1.165) is 33.5 Å². The van der Waals surface area contributed by atoms with Gasteiger partial charge in [0.2, 0.25) is 0 Å². The first-order chi connectivity index (χ1) is 9.11. The quantitative estimate of drug-likeness (QED) is 0.566. The highest BCUT2D eigenvalue weighted by atomic mass is 127. The predicted molar refractivity (Wildman–Crippen MR) is 88.5 cm³/mol. The minimum Gasteiger partial charge on any atom is -0.339 e. The maximum absolute atomic E-state index is 6.13. The summed E-state index contributed by atoms with van der Waals surface area (Å²) in [5, 5.41) is 4.51. The van der Waals surface area contributed by atoms with E-state index >= 15 is 0 Å². The number of anilines is 2. The summed E-state index contributed by atoms with van der Waals surface area (Å²) in [5.41, 5.74) is 1.90. The van der Waals surface area contributed by atoms with Crippen LogP contribution in [0.1, 0.15) is 18.9 Å². The maximum Gasteiger partial charge on any atom is 0.138 e. The van der Waals surface area contributed by atoms with Gasteiger partial charge < -0.3 is 5.32 Å². The van der Waals surface area contributed by atoms with Crippen LogP contribution in [0.15, 0.2) is 24.5 Å². The van der Waals surface area contributed by atoms with Crippen LogP contribution < -0.4 is 5.32 Å². The zero-order valence-electron chi connectivity index (χ0n) is 10.3. The topological polar surface area (TPSA) is 37.8 Å². The normalized spacial score (nSPS) is 10.5. The lowest BCUT2D eigenvalue weighted by Gasteiger charge is -2.12. The lowest BCUT2D eigenvalue weighted by Crippen LogP contribution is -2.02. The Bertz CT molecular complexity index is 590. The Balaban J connectivity index is 2.35. The molecule has 0 bridgehead atoms. The molecule has 6 heteroatoms. The van der Waals surface area contributed by atoms with Gasteiger partial charge in [-0.25, -0.2) is 9.97 Å². The number of nitrogens with zero attached hydrogens (tertiary/aromatic N) is 2. The summed E-state index contributed by atoms with van der Waals surface area (Å²) in [6.07, 6.45) is 3.29. The molecule has 2 rings (SSSR count). The van der Waals surface area contributed by atoms with Crippen molar-refractivity contribution in [3.05, 3.63) is 43.8 Å². The fourth-order valence-electron chi connectivity index (χ4n) is 1.69. The Kier molecular flexibility index (Phi) is 5.24. The minimum absolute atomic E-state index is 0.503. The van der Waals surface area contributed by atoms with Crippen molar-refractivity contribution in [1.29, 1.82) is 0 Å². The molecule has 0 saturated heterocycles. The summed E-state index contributed by atoms with van der Waals surface area (Å²) in [4.78, 5) is 8.30. The first kappa shape index (κ1) is 14.8. The van der Waals surface area contributed by atoms with Gasteiger partial charge in [-0.3, -0.25) is 0 Å². The van der Waals surface area contributed by atoms with Crippen molar-refractivity contribution >= 4 is 57.3 Å². The van der Waals surface area contributed by atoms with Crippen molar-refractivity contribution in [2.45, 2.75) is 19.8 Å². The van der Waals surface area contributed by atoms with E-state index in [-0.39, 0.29) is 0 Å². The SMILES string of the molecule is CCCc1c(Cl)ncnc1Nc1ccc(Cl)cc1I. The van der Waals surface area contributed by atoms with Gasteiger partial charge in [-0.15, -0.1) is 0 Å². The van der Waals surface area contributed by atoms with E-state index in [1.807, 2.05) is 18.2 Å². The molecule has 1 heterocycles. The second-order valence-electron chi connectivity index (χ2n) is 3.99. The number of nitrogens with one attached hydrogen (secondary N) is 1. The molecule has 0 aliphatic heterocycles. The number of aromatic nitrogens is 2. The molecule has 0 aliphatic rings. The first-order valence-corrected chi connectivity index (χ1v) is 7.66. The van der Waals surface area contributed by atoms with Gasteiger partial charge >= 0.3 is 0 Å². The Morgan fingerprint density at radius 1 is 1.26 bits per heavy atom. The van der Waals surface area contributed by atoms with Crippen LogP contribution in [0.5, 0.6) is 0 Å². The van der Waals surface area contributed by atoms with E-state index in [1.54, 1.807) is 0 Å². The van der Waals surface area contributed by atoms with Crippen LogP contribution in [0.4, 0.5) is 11.5 Å². The fourth-order valence-corrected chi connectivity index (χ4v) is 2.92. The maximum atomic E-state index is 6.13. The standard InChI is InChI=1S/C13H12Cl2IN3/c1-2-3-9-12(15)17-7-18-13(9)19-11-5-4-8(14)6-10(11)16/h4-7H,2-3H2,1H3,(H,17,18,19). The van der Waals surface area contributed by atoms with Crippen LogP contribution in [0.2, 0.25) is 10.2 Å². The van der Waals surface area contributed by atoms with Gasteiger partial charge in [-0.05, 0) is 47.2 Å². The van der Waals surface area contributed by atoms with Gasteiger partial charge in [0.1, 0.15) is 17.3 Å². The van der Waals surface area contributed by atoms with Crippen LogP contribution in [-0.4, -0.2) is 9.97 Å². The molecular weight excluding hydrogens is 396 g/mol. The van der Waals surface area contributed by atoms with Crippen molar-refractivity contribution in [1.82, 2.24) is 9.97 Å². The number of halogens is 3. The van der Waals surface area contributed by atoms with Gasteiger partial charge in [-0.2, -0.15) is 0 Å².